The molecule has 2 aliphatic rings. The number of carbonyl (C=O) groups excluding carboxylic acids is 1. The molecule has 0 unspecified atom stereocenters. The van der Waals surface area contributed by atoms with Gasteiger partial charge in [0.15, 0.2) is 0 Å². The fraction of sp³-hybridized carbons (Fsp3) is 0.367. The Balaban J connectivity index is 1.50. The highest BCUT2D eigenvalue weighted by Crippen LogP contribution is 2.36. The van der Waals surface area contributed by atoms with Crippen molar-refractivity contribution in [1.29, 1.82) is 0 Å². The van der Waals surface area contributed by atoms with Gasteiger partial charge in [-0.25, -0.2) is 0 Å². The zero-order chi connectivity index (χ0) is 26.6. The molecule has 0 saturated carbocycles. The highest BCUT2D eigenvalue weighted by molar-refractivity contribution is 8.26. The molecule has 0 radical (unpaired) electrons. The second-order valence-electron chi connectivity index (χ2n) is 9.67. The van der Waals surface area contributed by atoms with Gasteiger partial charge in [0, 0.05) is 44.7 Å². The average molecular weight is 547 g/mol. The SMILES string of the molecule is CCN1CCN(c2c(C=C3SC(=S)N(CCCc4ccccc4)C3=O)c(=O)n(CC)c3ccccc23)CC1. The van der Waals surface area contributed by atoms with E-state index < -0.39 is 0 Å². The lowest BCUT2D eigenvalue weighted by Crippen LogP contribution is -2.47. The van der Waals surface area contributed by atoms with Crippen LogP contribution in [0.2, 0.25) is 0 Å². The van der Waals surface area contributed by atoms with Crippen LogP contribution in [0.1, 0.15) is 31.4 Å². The predicted octanol–water partition coefficient (Wildman–Crippen LogP) is 5.00. The minimum atomic E-state index is -0.106. The van der Waals surface area contributed by atoms with E-state index in [4.69, 9.17) is 12.2 Å². The van der Waals surface area contributed by atoms with E-state index in [1.807, 2.05) is 47.9 Å². The molecule has 5 rings (SSSR count). The molecule has 1 aromatic heterocycles. The molecule has 3 aromatic rings. The lowest BCUT2D eigenvalue weighted by molar-refractivity contribution is -0.122. The normalized spacial score (nSPS) is 17.8. The highest BCUT2D eigenvalue weighted by Gasteiger charge is 2.33. The summed E-state index contributed by atoms with van der Waals surface area (Å²) < 4.78 is 2.37. The van der Waals surface area contributed by atoms with Crippen molar-refractivity contribution in [1.82, 2.24) is 14.4 Å². The number of nitrogens with zero attached hydrogens (tertiary/aromatic N) is 4. The van der Waals surface area contributed by atoms with Gasteiger partial charge in [-0.1, -0.05) is 79.4 Å². The predicted molar refractivity (Wildman–Crippen MR) is 163 cm³/mol. The van der Waals surface area contributed by atoms with Crippen LogP contribution >= 0.6 is 24.0 Å². The number of fused-ring (bicyclic) bond motifs is 1. The Morgan fingerprint density at radius 1 is 0.921 bits per heavy atom. The second kappa shape index (κ2) is 11.8. The van der Waals surface area contributed by atoms with Gasteiger partial charge in [0.05, 0.1) is 21.7 Å². The number of aromatic nitrogens is 1. The van der Waals surface area contributed by atoms with Crippen LogP contribution in [0.15, 0.2) is 64.3 Å². The molecule has 38 heavy (non-hydrogen) atoms. The van der Waals surface area contributed by atoms with Gasteiger partial charge in [-0.2, -0.15) is 0 Å². The minimum Gasteiger partial charge on any atom is -0.368 e. The summed E-state index contributed by atoms with van der Waals surface area (Å²) >= 11 is 6.92. The zero-order valence-corrected chi connectivity index (χ0v) is 23.7. The first-order valence-corrected chi connectivity index (χ1v) is 14.7. The van der Waals surface area contributed by atoms with E-state index in [-0.39, 0.29) is 11.5 Å². The van der Waals surface area contributed by atoms with Crippen LogP contribution in [0.25, 0.3) is 17.0 Å². The summed E-state index contributed by atoms with van der Waals surface area (Å²) in [6.07, 6.45) is 3.52. The molecule has 6 nitrogen and oxygen atoms in total. The van der Waals surface area contributed by atoms with Crippen molar-refractivity contribution in [3.05, 3.63) is 81.0 Å². The number of likely N-dealkylation sites (N-methyl/N-ethyl adjacent to an activating group) is 1. The Bertz CT molecular complexity index is 1430. The third-order valence-electron chi connectivity index (χ3n) is 7.47. The van der Waals surface area contributed by atoms with Crippen LogP contribution in [-0.4, -0.2) is 63.9 Å². The smallest absolute Gasteiger partial charge is 0.266 e. The molecule has 0 atom stereocenters. The Labute approximate surface area is 233 Å². The number of thiocarbonyl (C=S) groups is 1. The number of thioether (sulfide) groups is 1. The fourth-order valence-electron chi connectivity index (χ4n) is 5.39. The largest absolute Gasteiger partial charge is 0.368 e. The molecule has 0 N–H and O–H groups in total. The Morgan fingerprint density at radius 2 is 1.63 bits per heavy atom. The molecule has 2 fully saturated rings. The van der Waals surface area contributed by atoms with Crippen molar-refractivity contribution in [2.75, 3.05) is 44.2 Å². The number of anilines is 1. The topological polar surface area (TPSA) is 48.8 Å². The van der Waals surface area contributed by atoms with Crippen LogP contribution in [0, 0.1) is 0 Å². The summed E-state index contributed by atoms with van der Waals surface area (Å²) in [5, 5.41) is 1.04. The first-order chi connectivity index (χ1) is 18.5. The number of piperazine rings is 1. The van der Waals surface area contributed by atoms with Gasteiger partial charge in [0.2, 0.25) is 0 Å². The maximum Gasteiger partial charge on any atom is 0.266 e. The average Bonchev–Trinajstić information content (AvgIpc) is 3.21. The van der Waals surface area contributed by atoms with Crippen molar-refractivity contribution in [3.63, 3.8) is 0 Å². The van der Waals surface area contributed by atoms with Gasteiger partial charge in [-0.15, -0.1) is 0 Å². The maximum atomic E-state index is 13.9. The van der Waals surface area contributed by atoms with Crippen molar-refractivity contribution >= 4 is 56.9 Å². The number of benzene rings is 2. The first-order valence-electron chi connectivity index (χ1n) is 13.4. The quantitative estimate of drug-likeness (QED) is 0.293. The second-order valence-corrected chi connectivity index (χ2v) is 11.3. The van der Waals surface area contributed by atoms with Gasteiger partial charge in [-0.3, -0.25) is 14.5 Å². The molecule has 2 aromatic carbocycles. The monoisotopic (exact) mass is 546 g/mol. The number of amides is 1. The molecule has 8 heteroatoms. The maximum absolute atomic E-state index is 13.9. The summed E-state index contributed by atoms with van der Waals surface area (Å²) in [6, 6.07) is 18.4. The molecular formula is C30H34N4O2S2. The molecule has 198 valence electrons. The van der Waals surface area contributed by atoms with Crippen molar-refractivity contribution < 1.29 is 4.79 Å². The molecular weight excluding hydrogens is 512 g/mol. The number of hydrogen-bond donors (Lipinski definition) is 0. The number of aryl methyl sites for hydroxylation is 2. The molecule has 0 spiro atoms. The van der Waals surface area contributed by atoms with E-state index in [0.29, 0.717) is 27.9 Å². The Morgan fingerprint density at radius 3 is 2.34 bits per heavy atom. The summed E-state index contributed by atoms with van der Waals surface area (Å²) in [6.45, 7) is 9.90. The summed E-state index contributed by atoms with van der Waals surface area (Å²) in [5.74, 6) is -0.106. The summed E-state index contributed by atoms with van der Waals surface area (Å²) in [7, 11) is 0. The van der Waals surface area contributed by atoms with E-state index in [9.17, 15) is 9.59 Å². The van der Waals surface area contributed by atoms with Gasteiger partial charge in [0.1, 0.15) is 4.32 Å². The summed E-state index contributed by atoms with van der Waals surface area (Å²) in [4.78, 5) is 34.3. The fourth-order valence-corrected chi connectivity index (χ4v) is 6.68. The van der Waals surface area contributed by atoms with Crippen molar-refractivity contribution in [2.45, 2.75) is 33.2 Å². The third-order valence-corrected chi connectivity index (χ3v) is 8.85. The van der Waals surface area contributed by atoms with E-state index in [2.05, 4.69) is 34.9 Å². The number of pyridine rings is 1. The molecule has 3 heterocycles. The number of hydrogen-bond acceptors (Lipinski definition) is 6. The number of carbonyl (C=O) groups is 1. The Hall–Kier alpha value is -2.94. The van der Waals surface area contributed by atoms with Crippen LogP contribution < -0.4 is 10.5 Å². The Kier molecular flexibility index (Phi) is 8.31. The van der Waals surface area contributed by atoms with Gasteiger partial charge < -0.3 is 14.4 Å². The zero-order valence-electron chi connectivity index (χ0n) is 22.1. The third kappa shape index (κ3) is 5.30. The van der Waals surface area contributed by atoms with Gasteiger partial charge in [0.25, 0.3) is 11.5 Å². The molecule has 2 saturated heterocycles. The van der Waals surface area contributed by atoms with Crippen LogP contribution in [0.4, 0.5) is 5.69 Å². The van der Waals surface area contributed by atoms with Crippen LogP contribution in [0.5, 0.6) is 0 Å². The van der Waals surface area contributed by atoms with Gasteiger partial charge in [-0.05, 0) is 44.0 Å². The van der Waals surface area contributed by atoms with Crippen molar-refractivity contribution in [3.8, 4) is 0 Å². The molecule has 0 bridgehead atoms. The first kappa shape index (κ1) is 26.7. The number of rotatable bonds is 8. The van der Waals surface area contributed by atoms with E-state index in [1.165, 1.54) is 17.3 Å². The van der Waals surface area contributed by atoms with E-state index in [0.717, 1.165) is 62.2 Å². The van der Waals surface area contributed by atoms with Crippen LogP contribution in [0.3, 0.4) is 0 Å². The van der Waals surface area contributed by atoms with Gasteiger partial charge >= 0.3 is 0 Å². The number of para-hydroxylation sites is 1. The minimum absolute atomic E-state index is 0.0616. The van der Waals surface area contributed by atoms with E-state index in [1.54, 1.807) is 11.0 Å². The lowest BCUT2D eigenvalue weighted by atomic mass is 10.0. The lowest BCUT2D eigenvalue weighted by Gasteiger charge is -2.37. The van der Waals surface area contributed by atoms with Crippen molar-refractivity contribution in [2.24, 2.45) is 0 Å². The molecule has 1 amide bonds. The van der Waals surface area contributed by atoms with Crippen LogP contribution in [-0.2, 0) is 17.8 Å². The highest BCUT2D eigenvalue weighted by atomic mass is 32.2. The van der Waals surface area contributed by atoms with E-state index >= 15 is 0 Å². The molecule has 0 aliphatic carbocycles. The summed E-state index contributed by atoms with van der Waals surface area (Å²) in [5.41, 5.74) is 3.63. The standard InChI is InChI=1S/C30H34N4O2S2/c1-3-31-17-19-32(20-18-31)27-23-14-8-9-15-25(23)33(4-2)28(35)24(27)21-26-29(36)34(30(37)38-26)16-10-13-22-11-6-5-7-12-22/h5-9,11-12,14-15,21H,3-4,10,13,16-20H2,1-2H3. The molecule has 2 aliphatic heterocycles.